The third kappa shape index (κ3) is 6.13. The summed E-state index contributed by atoms with van der Waals surface area (Å²) in [5.74, 6) is -0.0558. The molecule has 170 valence electrons. The fraction of sp³-hybridized carbons (Fsp3) is 0.348. The van der Waals surface area contributed by atoms with Crippen molar-refractivity contribution >= 4 is 23.3 Å². The second-order valence-corrected chi connectivity index (χ2v) is 7.37. The molecule has 2 aromatic rings. The Morgan fingerprint density at radius 3 is 2.69 bits per heavy atom. The highest BCUT2D eigenvalue weighted by Crippen LogP contribution is 2.29. The third-order valence-corrected chi connectivity index (χ3v) is 4.29. The van der Waals surface area contributed by atoms with Gasteiger partial charge in [-0.3, -0.25) is 4.79 Å². The van der Waals surface area contributed by atoms with E-state index < -0.39 is 5.97 Å². The molecule has 0 radical (unpaired) electrons. The van der Waals surface area contributed by atoms with Crippen molar-refractivity contribution in [1.29, 1.82) is 0 Å². The van der Waals surface area contributed by atoms with Gasteiger partial charge in [-0.2, -0.15) is 0 Å². The molecule has 0 bridgehead atoms. The smallest absolute Gasteiger partial charge is 0.335 e. The van der Waals surface area contributed by atoms with Crippen LogP contribution in [0.25, 0.3) is 0 Å². The maximum atomic E-state index is 11.6. The molecule has 3 rings (SSSR count). The molecule has 0 saturated carbocycles. The van der Waals surface area contributed by atoms with Crippen LogP contribution in [0, 0.1) is 0 Å². The molecule has 0 aliphatic carbocycles. The van der Waals surface area contributed by atoms with Crippen LogP contribution in [0.1, 0.15) is 43.1 Å². The molecular formula is C23H26N2O7. The zero-order valence-corrected chi connectivity index (χ0v) is 18.2. The molecule has 9 nitrogen and oxygen atoms in total. The normalized spacial score (nSPS) is 13.1. The lowest BCUT2D eigenvalue weighted by Crippen LogP contribution is -2.25. The lowest BCUT2D eigenvalue weighted by Gasteiger charge is -2.19. The third-order valence-electron chi connectivity index (χ3n) is 4.29. The lowest BCUT2D eigenvalue weighted by molar-refractivity contribution is -0.118. The first kappa shape index (κ1) is 22.9. The summed E-state index contributed by atoms with van der Waals surface area (Å²) in [6.45, 7) is 6.06. The number of carbonyl (C=O) groups excluding carboxylic acids is 1. The fourth-order valence-corrected chi connectivity index (χ4v) is 2.91. The van der Waals surface area contributed by atoms with E-state index in [9.17, 15) is 14.7 Å². The molecule has 0 saturated heterocycles. The van der Waals surface area contributed by atoms with E-state index in [2.05, 4.69) is 10.5 Å². The van der Waals surface area contributed by atoms with Crippen LogP contribution in [0.15, 0.2) is 41.6 Å². The maximum absolute atomic E-state index is 11.6. The van der Waals surface area contributed by atoms with Crippen molar-refractivity contribution in [2.75, 3.05) is 25.1 Å². The molecular weight excluding hydrogens is 416 g/mol. The number of rotatable bonds is 10. The van der Waals surface area contributed by atoms with Gasteiger partial charge in [0.15, 0.2) is 6.61 Å². The van der Waals surface area contributed by atoms with E-state index in [1.807, 2.05) is 20.8 Å². The van der Waals surface area contributed by atoms with Crippen LogP contribution in [0.4, 0.5) is 5.69 Å². The van der Waals surface area contributed by atoms with Crippen molar-refractivity contribution in [2.45, 2.75) is 33.3 Å². The molecule has 1 aliphatic rings. The zero-order chi connectivity index (χ0) is 23.1. The number of hydrogen-bond acceptors (Lipinski definition) is 7. The van der Waals surface area contributed by atoms with Crippen molar-refractivity contribution in [3.63, 3.8) is 0 Å². The van der Waals surface area contributed by atoms with Crippen LogP contribution in [0.3, 0.4) is 0 Å². The molecule has 32 heavy (non-hydrogen) atoms. The van der Waals surface area contributed by atoms with Gasteiger partial charge >= 0.3 is 5.97 Å². The van der Waals surface area contributed by atoms with Gasteiger partial charge < -0.3 is 29.5 Å². The highest BCUT2D eigenvalue weighted by atomic mass is 16.6. The number of aromatic carboxylic acids is 1. The second-order valence-electron chi connectivity index (χ2n) is 7.37. The first-order chi connectivity index (χ1) is 15.4. The highest BCUT2D eigenvalue weighted by Gasteiger charge is 2.18. The number of carbonyl (C=O) groups is 2. The molecule has 1 aliphatic heterocycles. The Labute approximate surface area is 185 Å². The molecule has 2 N–H and O–H groups in total. The van der Waals surface area contributed by atoms with E-state index in [4.69, 9.17) is 19.0 Å². The van der Waals surface area contributed by atoms with E-state index >= 15 is 0 Å². The summed E-state index contributed by atoms with van der Waals surface area (Å²) in [6, 6.07) is 9.73. The standard InChI is InChI=1S/C23H26N2O7/c1-4-7-31-25-20(15-5-6-21-19(10-15)24-22(26)13-30-21)12-29-17-8-16(23(27)28)9-18(11-17)32-14(2)3/h5-6,8-11,14H,4,7,12-13H2,1-3H3,(H,24,26)(H,27,28)/b25-20+. The van der Waals surface area contributed by atoms with Gasteiger partial charge in [0.2, 0.25) is 0 Å². The van der Waals surface area contributed by atoms with Gasteiger partial charge in [-0.05, 0) is 50.6 Å². The number of carboxylic acid groups (broad SMARTS) is 1. The Hall–Kier alpha value is -3.75. The predicted molar refractivity (Wildman–Crippen MR) is 118 cm³/mol. The molecule has 0 unspecified atom stereocenters. The number of anilines is 1. The Morgan fingerprint density at radius 1 is 1.19 bits per heavy atom. The van der Waals surface area contributed by atoms with E-state index in [-0.39, 0.29) is 30.8 Å². The Kier molecular flexibility index (Phi) is 7.54. The summed E-state index contributed by atoms with van der Waals surface area (Å²) in [7, 11) is 0. The summed E-state index contributed by atoms with van der Waals surface area (Å²) in [4.78, 5) is 28.5. The Balaban J connectivity index is 1.85. The molecule has 0 spiro atoms. The number of benzene rings is 2. The van der Waals surface area contributed by atoms with Gasteiger partial charge in [0.05, 0.1) is 17.4 Å². The van der Waals surface area contributed by atoms with Crippen molar-refractivity contribution in [1.82, 2.24) is 0 Å². The second kappa shape index (κ2) is 10.5. The minimum absolute atomic E-state index is 0.00148. The van der Waals surface area contributed by atoms with Crippen LogP contribution >= 0.6 is 0 Å². The number of hydrogen-bond donors (Lipinski definition) is 2. The number of nitrogens with one attached hydrogen (secondary N) is 1. The van der Waals surface area contributed by atoms with E-state index in [1.54, 1.807) is 24.3 Å². The average molecular weight is 442 g/mol. The summed E-state index contributed by atoms with van der Waals surface area (Å²) < 4.78 is 16.9. The molecule has 0 fully saturated rings. The zero-order valence-electron chi connectivity index (χ0n) is 18.2. The Bertz CT molecular complexity index is 1020. The number of carboxylic acids is 1. The molecule has 0 atom stereocenters. The van der Waals surface area contributed by atoms with Crippen molar-refractivity contribution in [3.8, 4) is 17.2 Å². The monoisotopic (exact) mass is 442 g/mol. The van der Waals surface area contributed by atoms with E-state index in [1.165, 1.54) is 12.1 Å². The average Bonchev–Trinajstić information content (AvgIpc) is 2.75. The van der Waals surface area contributed by atoms with Crippen LogP contribution in [-0.2, 0) is 9.63 Å². The number of oxime groups is 1. The van der Waals surface area contributed by atoms with Gasteiger partial charge in [-0.15, -0.1) is 0 Å². The van der Waals surface area contributed by atoms with Crippen LogP contribution in [-0.4, -0.2) is 48.6 Å². The molecule has 2 aromatic carbocycles. The predicted octanol–water partition coefficient (Wildman–Crippen LogP) is 3.71. The van der Waals surface area contributed by atoms with Crippen LogP contribution < -0.4 is 19.5 Å². The SMILES string of the molecule is CCCO/N=C(\COc1cc(OC(C)C)cc(C(=O)O)c1)c1ccc2c(c1)NC(=O)CO2. The molecule has 0 aromatic heterocycles. The topological polar surface area (TPSA) is 116 Å². The lowest BCUT2D eigenvalue weighted by atomic mass is 10.1. The van der Waals surface area contributed by atoms with Gasteiger partial charge in [0.1, 0.15) is 36.2 Å². The first-order valence-electron chi connectivity index (χ1n) is 10.3. The van der Waals surface area contributed by atoms with Gasteiger partial charge in [-0.25, -0.2) is 4.79 Å². The molecule has 1 amide bonds. The Morgan fingerprint density at radius 2 is 1.97 bits per heavy atom. The summed E-state index contributed by atoms with van der Waals surface area (Å²) in [5.41, 5.74) is 1.71. The van der Waals surface area contributed by atoms with Gasteiger partial charge in [0, 0.05) is 11.6 Å². The highest BCUT2D eigenvalue weighted by molar-refractivity contribution is 6.04. The van der Waals surface area contributed by atoms with Crippen molar-refractivity contribution in [3.05, 3.63) is 47.5 Å². The van der Waals surface area contributed by atoms with Crippen molar-refractivity contribution in [2.24, 2.45) is 5.16 Å². The van der Waals surface area contributed by atoms with E-state index in [0.29, 0.717) is 40.8 Å². The van der Waals surface area contributed by atoms with Crippen molar-refractivity contribution < 1.29 is 33.7 Å². The van der Waals surface area contributed by atoms with Gasteiger partial charge in [-0.1, -0.05) is 12.1 Å². The fourth-order valence-electron chi connectivity index (χ4n) is 2.91. The summed E-state index contributed by atoms with van der Waals surface area (Å²) in [6.07, 6.45) is 0.654. The van der Waals surface area contributed by atoms with Gasteiger partial charge in [0.25, 0.3) is 5.91 Å². The largest absolute Gasteiger partial charge is 0.491 e. The first-order valence-corrected chi connectivity index (χ1v) is 10.3. The minimum Gasteiger partial charge on any atom is -0.491 e. The number of fused-ring (bicyclic) bond motifs is 1. The minimum atomic E-state index is -1.09. The number of nitrogens with zero attached hydrogens (tertiary/aromatic N) is 1. The molecule has 1 heterocycles. The number of ether oxygens (including phenoxy) is 3. The summed E-state index contributed by atoms with van der Waals surface area (Å²) >= 11 is 0. The quantitative estimate of drug-likeness (QED) is 0.327. The van der Waals surface area contributed by atoms with Crippen LogP contribution in [0.2, 0.25) is 0 Å². The number of amides is 1. The van der Waals surface area contributed by atoms with E-state index in [0.717, 1.165) is 6.42 Å². The summed E-state index contributed by atoms with van der Waals surface area (Å²) in [5, 5.41) is 16.3. The molecule has 9 heteroatoms. The maximum Gasteiger partial charge on any atom is 0.335 e. The van der Waals surface area contributed by atoms with Crippen LogP contribution in [0.5, 0.6) is 17.2 Å².